The summed E-state index contributed by atoms with van der Waals surface area (Å²) in [5.74, 6) is 2.27. The molecule has 0 aromatic carbocycles. The number of pyridine rings is 2. The van der Waals surface area contributed by atoms with Crippen molar-refractivity contribution in [2.45, 2.75) is 50.1 Å². The van der Waals surface area contributed by atoms with Gasteiger partial charge in [-0.3, -0.25) is 0 Å². The fourth-order valence-electron chi connectivity index (χ4n) is 4.37. The van der Waals surface area contributed by atoms with Gasteiger partial charge in [0, 0.05) is 43.1 Å². The predicted octanol–water partition coefficient (Wildman–Crippen LogP) is 3.65. The van der Waals surface area contributed by atoms with Crippen LogP contribution < -0.4 is 22.1 Å². The Hall–Kier alpha value is -1.93. The minimum Gasteiger partial charge on any atom is -0.381 e. The molecule has 0 bridgehead atoms. The number of nitrogens with two attached hydrogens (primary N) is 2. The van der Waals surface area contributed by atoms with Crippen molar-refractivity contribution in [3.8, 4) is 11.3 Å². The zero-order chi connectivity index (χ0) is 21.7. The lowest BCUT2D eigenvalue weighted by atomic mass is 9.86. The van der Waals surface area contributed by atoms with Crippen LogP contribution in [0.4, 0.5) is 11.6 Å². The van der Waals surface area contributed by atoms with Crippen LogP contribution in [0.2, 0.25) is 5.02 Å². The Labute approximate surface area is 189 Å². The molecule has 0 unspecified atom stereocenters. The summed E-state index contributed by atoms with van der Waals surface area (Å²) in [6.07, 6.45) is 7.95. The number of rotatable bonds is 7. The van der Waals surface area contributed by atoms with E-state index < -0.39 is 0 Å². The normalized spacial score (nSPS) is 23.3. The smallest absolute Gasteiger partial charge is 0.126 e. The molecule has 1 saturated heterocycles. The number of hydrogen-bond donors (Lipinski definition) is 4. The summed E-state index contributed by atoms with van der Waals surface area (Å²) >= 11 is 6.49. The Balaban J connectivity index is 1.44. The highest BCUT2D eigenvalue weighted by atomic mass is 35.5. The van der Waals surface area contributed by atoms with E-state index in [4.69, 9.17) is 32.8 Å². The minimum absolute atomic E-state index is 0.260. The van der Waals surface area contributed by atoms with Gasteiger partial charge < -0.3 is 26.8 Å². The molecule has 7 nitrogen and oxygen atoms in total. The second-order valence-corrected chi connectivity index (χ2v) is 9.29. The molecule has 2 aliphatic rings. The first-order valence-electron chi connectivity index (χ1n) is 11.2. The van der Waals surface area contributed by atoms with E-state index in [1.807, 2.05) is 24.3 Å². The molecular formula is C23H33ClN6O. The first-order valence-corrected chi connectivity index (χ1v) is 11.6. The number of halogens is 1. The standard InChI is InChI=1S/C23H33ClN6O/c24-19-14-27-22(29-17-6-4-16(13-25)5-7-17)12-18(19)20-2-1-3-21(30-20)28-15-23(26)8-10-31-11-9-23/h1-3,12,14,16-17H,4-11,13,15,25-26H2,(H,27,29)(H,28,30)/t16-,17-. The van der Waals surface area contributed by atoms with Gasteiger partial charge in [-0.2, -0.15) is 0 Å². The van der Waals surface area contributed by atoms with Gasteiger partial charge in [-0.25, -0.2) is 9.97 Å². The van der Waals surface area contributed by atoms with Crippen LogP contribution in [0.3, 0.4) is 0 Å². The van der Waals surface area contributed by atoms with Crippen LogP contribution in [0.1, 0.15) is 38.5 Å². The van der Waals surface area contributed by atoms with Crippen molar-refractivity contribution in [3.63, 3.8) is 0 Å². The van der Waals surface area contributed by atoms with E-state index in [-0.39, 0.29) is 5.54 Å². The first-order chi connectivity index (χ1) is 15.0. The minimum atomic E-state index is -0.260. The highest BCUT2D eigenvalue weighted by molar-refractivity contribution is 6.33. The molecule has 0 amide bonds. The molecule has 2 fully saturated rings. The third kappa shape index (κ3) is 5.86. The van der Waals surface area contributed by atoms with Crippen LogP contribution in [0.15, 0.2) is 30.5 Å². The molecule has 2 aromatic heterocycles. The molecule has 6 N–H and O–H groups in total. The Kier molecular flexibility index (Phi) is 7.27. The first kappa shape index (κ1) is 22.3. The topological polar surface area (TPSA) is 111 Å². The van der Waals surface area contributed by atoms with Crippen LogP contribution in [0, 0.1) is 5.92 Å². The van der Waals surface area contributed by atoms with Crippen molar-refractivity contribution in [3.05, 3.63) is 35.5 Å². The predicted molar refractivity (Wildman–Crippen MR) is 126 cm³/mol. The molecule has 0 radical (unpaired) electrons. The fourth-order valence-corrected chi connectivity index (χ4v) is 4.57. The van der Waals surface area contributed by atoms with E-state index in [0.717, 1.165) is 55.1 Å². The molecule has 1 aliphatic carbocycles. The highest BCUT2D eigenvalue weighted by Crippen LogP contribution is 2.31. The third-order valence-corrected chi connectivity index (χ3v) is 6.82. The maximum absolute atomic E-state index is 6.49. The van der Waals surface area contributed by atoms with Gasteiger partial charge in [0.05, 0.1) is 10.7 Å². The monoisotopic (exact) mass is 444 g/mol. The lowest BCUT2D eigenvalue weighted by Crippen LogP contribution is -2.50. The van der Waals surface area contributed by atoms with E-state index in [9.17, 15) is 0 Å². The van der Waals surface area contributed by atoms with E-state index in [0.29, 0.717) is 36.7 Å². The molecule has 168 valence electrons. The maximum atomic E-state index is 6.49. The van der Waals surface area contributed by atoms with Crippen LogP contribution >= 0.6 is 11.6 Å². The van der Waals surface area contributed by atoms with Crippen molar-refractivity contribution in [1.29, 1.82) is 0 Å². The molecule has 2 aromatic rings. The molecular weight excluding hydrogens is 412 g/mol. The van der Waals surface area contributed by atoms with Crippen LogP contribution in [0.25, 0.3) is 11.3 Å². The largest absolute Gasteiger partial charge is 0.381 e. The lowest BCUT2D eigenvalue weighted by molar-refractivity contribution is 0.0574. The number of nitrogens with zero attached hydrogens (tertiary/aromatic N) is 2. The quantitative estimate of drug-likeness (QED) is 0.515. The summed E-state index contributed by atoms with van der Waals surface area (Å²) in [4.78, 5) is 9.26. The summed E-state index contributed by atoms with van der Waals surface area (Å²) in [7, 11) is 0. The molecule has 4 rings (SSSR count). The van der Waals surface area contributed by atoms with E-state index >= 15 is 0 Å². The number of ether oxygens (including phenoxy) is 1. The zero-order valence-corrected chi connectivity index (χ0v) is 18.7. The van der Waals surface area contributed by atoms with Gasteiger partial charge in [-0.15, -0.1) is 0 Å². The summed E-state index contributed by atoms with van der Waals surface area (Å²) in [5.41, 5.74) is 13.7. The van der Waals surface area contributed by atoms with Gasteiger partial charge in [0.2, 0.25) is 0 Å². The number of nitrogens with one attached hydrogen (secondary N) is 2. The van der Waals surface area contributed by atoms with Crippen molar-refractivity contribution >= 4 is 23.2 Å². The van der Waals surface area contributed by atoms with Crippen molar-refractivity contribution in [1.82, 2.24) is 9.97 Å². The van der Waals surface area contributed by atoms with Gasteiger partial charge in [0.25, 0.3) is 0 Å². The maximum Gasteiger partial charge on any atom is 0.126 e. The molecule has 8 heteroatoms. The highest BCUT2D eigenvalue weighted by Gasteiger charge is 2.27. The van der Waals surface area contributed by atoms with Gasteiger partial charge in [0.15, 0.2) is 0 Å². The number of hydrogen-bond acceptors (Lipinski definition) is 7. The second kappa shape index (κ2) is 10.1. The van der Waals surface area contributed by atoms with Gasteiger partial charge in [-0.05, 0) is 69.2 Å². The lowest BCUT2D eigenvalue weighted by Gasteiger charge is -2.33. The van der Waals surface area contributed by atoms with Gasteiger partial charge in [-0.1, -0.05) is 17.7 Å². The fraction of sp³-hybridized carbons (Fsp3) is 0.565. The molecule has 1 saturated carbocycles. The molecule has 0 atom stereocenters. The Morgan fingerprint density at radius 2 is 1.90 bits per heavy atom. The van der Waals surface area contributed by atoms with Gasteiger partial charge in [0.1, 0.15) is 11.6 Å². The van der Waals surface area contributed by atoms with Gasteiger partial charge >= 0.3 is 0 Å². The number of aromatic nitrogens is 2. The number of anilines is 2. The van der Waals surface area contributed by atoms with E-state index in [2.05, 4.69) is 15.6 Å². The molecule has 31 heavy (non-hydrogen) atoms. The van der Waals surface area contributed by atoms with Crippen molar-refractivity contribution in [2.75, 3.05) is 36.9 Å². The summed E-state index contributed by atoms with van der Waals surface area (Å²) in [6.45, 7) is 2.87. The SMILES string of the molecule is NC[C@H]1CC[C@H](Nc2cc(-c3cccc(NCC4(N)CCOCC4)n3)c(Cl)cn2)CC1. The van der Waals surface area contributed by atoms with Crippen molar-refractivity contribution in [2.24, 2.45) is 17.4 Å². The van der Waals surface area contributed by atoms with E-state index in [1.54, 1.807) is 6.20 Å². The van der Waals surface area contributed by atoms with Crippen LogP contribution in [-0.4, -0.2) is 47.9 Å². The molecule has 3 heterocycles. The summed E-state index contributed by atoms with van der Waals surface area (Å²) in [5, 5.41) is 7.55. The molecule has 1 aliphatic heterocycles. The zero-order valence-electron chi connectivity index (χ0n) is 17.9. The summed E-state index contributed by atoms with van der Waals surface area (Å²) in [6, 6.07) is 8.32. The van der Waals surface area contributed by atoms with Crippen LogP contribution in [0.5, 0.6) is 0 Å². The Morgan fingerprint density at radius 1 is 1.13 bits per heavy atom. The Morgan fingerprint density at radius 3 is 2.65 bits per heavy atom. The van der Waals surface area contributed by atoms with Crippen LogP contribution in [-0.2, 0) is 4.74 Å². The second-order valence-electron chi connectivity index (χ2n) is 8.88. The molecule has 0 spiro atoms. The Bertz CT molecular complexity index is 865. The third-order valence-electron chi connectivity index (χ3n) is 6.52. The average Bonchev–Trinajstić information content (AvgIpc) is 2.80. The summed E-state index contributed by atoms with van der Waals surface area (Å²) < 4.78 is 5.43. The van der Waals surface area contributed by atoms with Crippen molar-refractivity contribution < 1.29 is 4.74 Å². The van der Waals surface area contributed by atoms with E-state index in [1.165, 1.54) is 12.8 Å². The average molecular weight is 445 g/mol.